The van der Waals surface area contributed by atoms with Crippen molar-refractivity contribution in [3.05, 3.63) is 12.7 Å². The van der Waals surface area contributed by atoms with E-state index in [0.29, 0.717) is 6.42 Å². The fourth-order valence-electron chi connectivity index (χ4n) is 2.34. The molecule has 0 bridgehead atoms. The van der Waals surface area contributed by atoms with Crippen LogP contribution in [0.4, 0.5) is 0 Å². The van der Waals surface area contributed by atoms with Gasteiger partial charge >= 0.3 is 0 Å². The summed E-state index contributed by atoms with van der Waals surface area (Å²) in [5.41, 5.74) is -1.25. The van der Waals surface area contributed by atoms with Crippen molar-refractivity contribution in [1.29, 1.82) is 0 Å². The highest BCUT2D eigenvalue weighted by molar-refractivity contribution is 7.80. The molecule has 0 aliphatic carbocycles. The van der Waals surface area contributed by atoms with Crippen molar-refractivity contribution in [3.63, 3.8) is 0 Å². The van der Waals surface area contributed by atoms with E-state index >= 15 is 0 Å². The molecule has 0 aromatic carbocycles. The van der Waals surface area contributed by atoms with E-state index in [0.717, 1.165) is 0 Å². The molecule has 0 aromatic rings. The molecule has 0 radical (unpaired) electrons. The van der Waals surface area contributed by atoms with Crippen LogP contribution in [-0.2, 0) is 9.59 Å². The lowest BCUT2D eigenvalue weighted by Gasteiger charge is -2.39. The van der Waals surface area contributed by atoms with Gasteiger partial charge in [-0.2, -0.15) is 0 Å². The molecule has 1 rings (SSSR count). The first-order chi connectivity index (χ1) is 8.34. The third kappa shape index (κ3) is 2.59. The fraction of sp³-hybridized carbons (Fsp3) is 0.583. The van der Waals surface area contributed by atoms with Crippen molar-refractivity contribution in [1.82, 2.24) is 10.6 Å². The summed E-state index contributed by atoms with van der Waals surface area (Å²) in [6.45, 7) is 6.99. The van der Waals surface area contributed by atoms with Crippen LogP contribution in [-0.4, -0.2) is 28.1 Å². The van der Waals surface area contributed by atoms with E-state index in [1.807, 2.05) is 0 Å². The number of hydrogen-bond acceptors (Lipinski definition) is 4. The number of aliphatic hydroxyl groups is 1. The van der Waals surface area contributed by atoms with Crippen LogP contribution in [0.1, 0.15) is 26.7 Å². The van der Waals surface area contributed by atoms with Gasteiger partial charge in [0.05, 0.1) is 6.10 Å². The Morgan fingerprint density at radius 2 is 1.89 bits per heavy atom. The number of rotatable bonds is 5. The van der Waals surface area contributed by atoms with Gasteiger partial charge in [-0.05, 0) is 37.9 Å². The number of aliphatic hydroxyl groups excluding tert-OH is 1. The normalized spacial score (nSPS) is 21.8. The SMILES string of the molecule is C=CCC1(C(C)CC(C)O)C(=O)NC(=S)NC1=O. The minimum absolute atomic E-state index is 0.0222. The Labute approximate surface area is 112 Å². The van der Waals surface area contributed by atoms with Gasteiger partial charge in [0.25, 0.3) is 0 Å². The summed E-state index contributed by atoms with van der Waals surface area (Å²) in [4.78, 5) is 24.3. The third-order valence-corrected chi connectivity index (χ3v) is 3.47. The zero-order chi connectivity index (χ0) is 13.9. The Morgan fingerprint density at radius 3 is 2.28 bits per heavy atom. The first-order valence-corrected chi connectivity index (χ1v) is 6.21. The Hall–Kier alpha value is -1.27. The molecule has 1 aliphatic heterocycles. The van der Waals surface area contributed by atoms with Gasteiger partial charge in [-0.1, -0.05) is 13.0 Å². The van der Waals surface area contributed by atoms with Gasteiger partial charge in [-0.15, -0.1) is 6.58 Å². The monoisotopic (exact) mass is 270 g/mol. The predicted octanol–water partition coefficient (Wildman–Crippen LogP) is 0.487. The van der Waals surface area contributed by atoms with E-state index in [1.54, 1.807) is 13.8 Å². The highest BCUT2D eigenvalue weighted by Gasteiger charge is 2.52. The van der Waals surface area contributed by atoms with Crippen molar-refractivity contribution < 1.29 is 14.7 Å². The highest BCUT2D eigenvalue weighted by Crippen LogP contribution is 2.37. The molecule has 5 nitrogen and oxygen atoms in total. The molecule has 1 aliphatic rings. The second-order valence-corrected chi connectivity index (χ2v) is 5.10. The average molecular weight is 270 g/mol. The second kappa shape index (κ2) is 5.58. The molecule has 0 saturated carbocycles. The summed E-state index contributed by atoms with van der Waals surface area (Å²) in [6, 6.07) is 0. The number of amides is 2. The molecule has 6 heteroatoms. The van der Waals surface area contributed by atoms with Crippen LogP contribution in [0.2, 0.25) is 0 Å². The summed E-state index contributed by atoms with van der Waals surface area (Å²) in [7, 11) is 0. The van der Waals surface area contributed by atoms with E-state index in [-0.39, 0.29) is 17.5 Å². The summed E-state index contributed by atoms with van der Waals surface area (Å²) in [5.74, 6) is -1.17. The van der Waals surface area contributed by atoms with Crippen LogP contribution in [0.25, 0.3) is 0 Å². The zero-order valence-electron chi connectivity index (χ0n) is 10.5. The van der Waals surface area contributed by atoms with Crippen LogP contribution < -0.4 is 10.6 Å². The zero-order valence-corrected chi connectivity index (χ0v) is 11.3. The van der Waals surface area contributed by atoms with Gasteiger partial charge < -0.3 is 15.7 Å². The molecule has 2 unspecified atom stereocenters. The van der Waals surface area contributed by atoms with E-state index in [2.05, 4.69) is 17.2 Å². The van der Waals surface area contributed by atoms with Crippen LogP contribution in [0.15, 0.2) is 12.7 Å². The molecule has 3 N–H and O–H groups in total. The molecule has 0 spiro atoms. The number of thiocarbonyl (C=S) groups is 1. The number of carbonyl (C=O) groups excluding carboxylic acids is 2. The molecule has 2 amide bonds. The molecule has 18 heavy (non-hydrogen) atoms. The van der Waals surface area contributed by atoms with Gasteiger partial charge in [0, 0.05) is 0 Å². The van der Waals surface area contributed by atoms with Gasteiger partial charge in [0.2, 0.25) is 11.8 Å². The van der Waals surface area contributed by atoms with Crippen molar-refractivity contribution in [3.8, 4) is 0 Å². The maximum absolute atomic E-state index is 12.2. The molecular weight excluding hydrogens is 252 g/mol. The molecule has 1 heterocycles. The number of hydrogen-bond donors (Lipinski definition) is 3. The Bertz CT molecular complexity index is 373. The lowest BCUT2D eigenvalue weighted by Crippen LogP contribution is -2.64. The first-order valence-electron chi connectivity index (χ1n) is 5.80. The Kier molecular flexibility index (Phi) is 4.59. The largest absolute Gasteiger partial charge is 0.393 e. The maximum Gasteiger partial charge on any atom is 0.242 e. The smallest absolute Gasteiger partial charge is 0.242 e. The van der Waals surface area contributed by atoms with Crippen molar-refractivity contribution in [2.45, 2.75) is 32.8 Å². The van der Waals surface area contributed by atoms with Crippen LogP contribution in [0, 0.1) is 11.3 Å². The third-order valence-electron chi connectivity index (χ3n) is 3.27. The number of allylic oxidation sites excluding steroid dienone is 1. The van der Waals surface area contributed by atoms with E-state index in [9.17, 15) is 14.7 Å². The van der Waals surface area contributed by atoms with Crippen molar-refractivity contribution in [2.75, 3.05) is 0 Å². The second-order valence-electron chi connectivity index (χ2n) is 4.69. The maximum atomic E-state index is 12.2. The lowest BCUT2D eigenvalue weighted by molar-refractivity contribution is -0.147. The summed E-state index contributed by atoms with van der Waals surface area (Å²) in [6.07, 6.45) is 1.51. The fourth-order valence-corrected chi connectivity index (χ4v) is 2.52. The van der Waals surface area contributed by atoms with E-state index in [1.165, 1.54) is 6.08 Å². The van der Waals surface area contributed by atoms with Crippen LogP contribution >= 0.6 is 12.2 Å². The summed E-state index contributed by atoms with van der Waals surface area (Å²) >= 11 is 4.78. The Balaban J connectivity index is 3.11. The number of carbonyl (C=O) groups is 2. The number of nitrogens with one attached hydrogen (secondary N) is 2. The van der Waals surface area contributed by atoms with Gasteiger partial charge in [-0.3, -0.25) is 9.59 Å². The minimum atomic E-state index is -1.25. The first kappa shape index (κ1) is 14.8. The highest BCUT2D eigenvalue weighted by atomic mass is 32.1. The van der Waals surface area contributed by atoms with E-state index in [4.69, 9.17) is 12.2 Å². The van der Waals surface area contributed by atoms with Crippen molar-refractivity contribution in [2.24, 2.45) is 11.3 Å². The molecule has 100 valence electrons. The van der Waals surface area contributed by atoms with Crippen LogP contribution in [0.3, 0.4) is 0 Å². The van der Waals surface area contributed by atoms with Gasteiger partial charge in [0.15, 0.2) is 5.11 Å². The molecule has 1 fully saturated rings. The average Bonchev–Trinajstić information content (AvgIpc) is 2.22. The van der Waals surface area contributed by atoms with Crippen molar-refractivity contribution >= 4 is 29.1 Å². The standard InChI is InChI=1S/C12H18N2O3S/c1-4-5-12(7(2)6-8(3)15)9(16)13-11(18)14-10(12)17/h4,7-8,15H,1,5-6H2,2-3H3,(H2,13,14,16,17,18). The quantitative estimate of drug-likeness (QED) is 0.386. The molecule has 0 aromatic heterocycles. The van der Waals surface area contributed by atoms with Crippen LogP contribution in [0.5, 0.6) is 0 Å². The lowest BCUT2D eigenvalue weighted by atomic mass is 9.69. The topological polar surface area (TPSA) is 78.4 Å². The summed E-state index contributed by atoms with van der Waals surface area (Å²) < 4.78 is 0. The van der Waals surface area contributed by atoms with Gasteiger partial charge in [-0.25, -0.2) is 0 Å². The molecule has 2 atom stereocenters. The minimum Gasteiger partial charge on any atom is -0.393 e. The molecular formula is C12H18N2O3S. The predicted molar refractivity (Wildman–Crippen MR) is 71.6 cm³/mol. The Morgan fingerprint density at radius 1 is 1.39 bits per heavy atom. The van der Waals surface area contributed by atoms with Gasteiger partial charge in [0.1, 0.15) is 5.41 Å². The molecule has 1 saturated heterocycles. The van der Waals surface area contributed by atoms with E-state index < -0.39 is 23.3 Å². The summed E-state index contributed by atoms with van der Waals surface area (Å²) in [5, 5.41) is 14.4.